The van der Waals surface area contributed by atoms with Crippen molar-refractivity contribution in [2.24, 2.45) is 0 Å². The normalized spacial score (nSPS) is 16.9. The standard InChI is InChI=1S/C15H24FN3/c1-3-17-12-13-14(16)6-5-7-15(13)19-10-8-18(4-2)9-11-19/h5-7,17H,3-4,8-12H2,1-2H3. The van der Waals surface area contributed by atoms with E-state index in [9.17, 15) is 4.39 Å². The predicted octanol–water partition coefficient (Wildman–Crippen LogP) is 2.08. The molecular formula is C15H24FN3. The lowest BCUT2D eigenvalue weighted by molar-refractivity contribution is 0.271. The Morgan fingerprint density at radius 3 is 2.53 bits per heavy atom. The van der Waals surface area contributed by atoms with E-state index < -0.39 is 0 Å². The summed E-state index contributed by atoms with van der Waals surface area (Å²) in [4.78, 5) is 4.74. The molecule has 1 fully saturated rings. The van der Waals surface area contributed by atoms with E-state index in [1.165, 1.54) is 0 Å². The maximum absolute atomic E-state index is 14.0. The minimum Gasteiger partial charge on any atom is -0.369 e. The van der Waals surface area contributed by atoms with Crippen LogP contribution < -0.4 is 10.2 Å². The largest absolute Gasteiger partial charge is 0.369 e. The fourth-order valence-corrected chi connectivity index (χ4v) is 2.57. The van der Waals surface area contributed by atoms with Gasteiger partial charge in [0, 0.05) is 44.0 Å². The molecule has 1 aromatic carbocycles. The monoisotopic (exact) mass is 265 g/mol. The van der Waals surface area contributed by atoms with Gasteiger partial charge in [0.15, 0.2) is 0 Å². The second kappa shape index (κ2) is 6.87. The van der Waals surface area contributed by atoms with Gasteiger partial charge in [-0.25, -0.2) is 4.39 Å². The third-order valence-corrected chi connectivity index (χ3v) is 3.81. The molecule has 1 aliphatic heterocycles. The number of anilines is 1. The zero-order chi connectivity index (χ0) is 13.7. The maximum atomic E-state index is 14.0. The molecule has 4 heteroatoms. The first-order valence-electron chi connectivity index (χ1n) is 7.21. The van der Waals surface area contributed by atoms with Gasteiger partial charge in [0.2, 0.25) is 0 Å². The minimum atomic E-state index is -0.101. The molecule has 1 saturated heterocycles. The Labute approximate surface area is 115 Å². The Morgan fingerprint density at radius 1 is 1.16 bits per heavy atom. The van der Waals surface area contributed by atoms with E-state index in [-0.39, 0.29) is 5.82 Å². The van der Waals surface area contributed by atoms with E-state index in [1.54, 1.807) is 6.07 Å². The fraction of sp³-hybridized carbons (Fsp3) is 0.600. The molecular weight excluding hydrogens is 241 g/mol. The molecule has 1 aromatic rings. The lowest BCUT2D eigenvalue weighted by atomic mass is 10.1. The molecule has 0 unspecified atom stereocenters. The van der Waals surface area contributed by atoms with Crippen LogP contribution in [0.15, 0.2) is 18.2 Å². The van der Waals surface area contributed by atoms with Crippen molar-refractivity contribution in [2.75, 3.05) is 44.2 Å². The molecule has 3 nitrogen and oxygen atoms in total. The zero-order valence-electron chi connectivity index (χ0n) is 12.0. The smallest absolute Gasteiger partial charge is 0.129 e. The summed E-state index contributed by atoms with van der Waals surface area (Å²) in [6.45, 7) is 10.9. The van der Waals surface area contributed by atoms with Gasteiger partial charge < -0.3 is 15.1 Å². The highest BCUT2D eigenvalue weighted by atomic mass is 19.1. The Hall–Kier alpha value is -1.13. The summed E-state index contributed by atoms with van der Waals surface area (Å²) < 4.78 is 14.0. The number of piperazine rings is 1. The van der Waals surface area contributed by atoms with Gasteiger partial charge in [-0.2, -0.15) is 0 Å². The summed E-state index contributed by atoms with van der Waals surface area (Å²) in [5.74, 6) is -0.101. The molecule has 0 bridgehead atoms. The van der Waals surface area contributed by atoms with Gasteiger partial charge in [-0.3, -0.25) is 0 Å². The van der Waals surface area contributed by atoms with Crippen LogP contribution in [0.25, 0.3) is 0 Å². The summed E-state index contributed by atoms with van der Waals surface area (Å²) in [6, 6.07) is 5.40. The number of nitrogens with zero attached hydrogens (tertiary/aromatic N) is 2. The lowest BCUT2D eigenvalue weighted by Crippen LogP contribution is -2.46. The van der Waals surface area contributed by atoms with Gasteiger partial charge in [0.25, 0.3) is 0 Å². The van der Waals surface area contributed by atoms with Crippen molar-refractivity contribution in [1.29, 1.82) is 0 Å². The van der Waals surface area contributed by atoms with Crippen LogP contribution in [-0.2, 0) is 6.54 Å². The van der Waals surface area contributed by atoms with Crippen molar-refractivity contribution in [3.05, 3.63) is 29.6 Å². The van der Waals surface area contributed by atoms with E-state index in [2.05, 4.69) is 22.0 Å². The lowest BCUT2D eigenvalue weighted by Gasteiger charge is -2.36. The number of halogens is 1. The van der Waals surface area contributed by atoms with Crippen LogP contribution in [0.3, 0.4) is 0 Å². The number of benzene rings is 1. The van der Waals surface area contributed by atoms with E-state index >= 15 is 0 Å². The van der Waals surface area contributed by atoms with Crippen molar-refractivity contribution in [2.45, 2.75) is 20.4 Å². The summed E-state index contributed by atoms with van der Waals surface area (Å²) >= 11 is 0. The highest BCUT2D eigenvalue weighted by Gasteiger charge is 2.19. The average Bonchev–Trinajstić information content (AvgIpc) is 2.46. The fourth-order valence-electron chi connectivity index (χ4n) is 2.57. The van der Waals surface area contributed by atoms with Crippen LogP contribution in [0.4, 0.5) is 10.1 Å². The molecule has 0 radical (unpaired) electrons. The molecule has 0 aromatic heterocycles. The van der Waals surface area contributed by atoms with Gasteiger partial charge in [-0.05, 0) is 25.2 Å². The van der Waals surface area contributed by atoms with Gasteiger partial charge in [-0.15, -0.1) is 0 Å². The third kappa shape index (κ3) is 3.45. The highest BCUT2D eigenvalue weighted by Crippen LogP contribution is 2.24. The molecule has 0 aliphatic carbocycles. The Morgan fingerprint density at radius 2 is 1.89 bits per heavy atom. The SMILES string of the molecule is CCNCc1c(F)cccc1N1CCN(CC)CC1. The predicted molar refractivity (Wildman–Crippen MR) is 78.1 cm³/mol. The molecule has 0 atom stereocenters. The number of likely N-dealkylation sites (N-methyl/N-ethyl adjacent to an activating group) is 1. The van der Waals surface area contributed by atoms with Crippen molar-refractivity contribution in [1.82, 2.24) is 10.2 Å². The van der Waals surface area contributed by atoms with Crippen LogP contribution >= 0.6 is 0 Å². The molecule has 1 N–H and O–H groups in total. The average molecular weight is 265 g/mol. The molecule has 0 saturated carbocycles. The molecule has 0 spiro atoms. The van der Waals surface area contributed by atoms with E-state index in [0.717, 1.165) is 50.5 Å². The first kappa shape index (κ1) is 14.3. The highest BCUT2D eigenvalue weighted by molar-refractivity contribution is 5.54. The van der Waals surface area contributed by atoms with Crippen molar-refractivity contribution < 1.29 is 4.39 Å². The van der Waals surface area contributed by atoms with Crippen LogP contribution in [0, 0.1) is 5.82 Å². The first-order valence-corrected chi connectivity index (χ1v) is 7.21. The molecule has 106 valence electrons. The van der Waals surface area contributed by atoms with Crippen LogP contribution in [0.5, 0.6) is 0 Å². The number of rotatable bonds is 5. The summed E-state index contributed by atoms with van der Waals surface area (Å²) in [5, 5.41) is 3.23. The van der Waals surface area contributed by atoms with E-state index in [1.807, 2.05) is 19.1 Å². The quantitative estimate of drug-likeness (QED) is 0.879. The van der Waals surface area contributed by atoms with Crippen molar-refractivity contribution in [3.8, 4) is 0 Å². The number of nitrogens with one attached hydrogen (secondary N) is 1. The van der Waals surface area contributed by atoms with Crippen molar-refractivity contribution >= 4 is 5.69 Å². The summed E-state index contributed by atoms with van der Waals surface area (Å²) in [6.07, 6.45) is 0. The number of hydrogen-bond acceptors (Lipinski definition) is 3. The maximum Gasteiger partial charge on any atom is 0.129 e. The van der Waals surface area contributed by atoms with Gasteiger partial charge >= 0.3 is 0 Å². The summed E-state index contributed by atoms with van der Waals surface area (Å²) in [7, 11) is 0. The molecule has 19 heavy (non-hydrogen) atoms. The van der Waals surface area contributed by atoms with Crippen LogP contribution in [-0.4, -0.2) is 44.2 Å². The first-order chi connectivity index (χ1) is 9.26. The van der Waals surface area contributed by atoms with E-state index in [4.69, 9.17) is 0 Å². The minimum absolute atomic E-state index is 0.101. The van der Waals surface area contributed by atoms with Crippen molar-refractivity contribution in [3.63, 3.8) is 0 Å². The molecule has 1 heterocycles. The Kier molecular flexibility index (Phi) is 5.16. The van der Waals surface area contributed by atoms with Gasteiger partial charge in [-0.1, -0.05) is 19.9 Å². The molecule has 0 amide bonds. The summed E-state index contributed by atoms with van der Waals surface area (Å²) in [5.41, 5.74) is 1.85. The van der Waals surface area contributed by atoms with Crippen LogP contribution in [0.1, 0.15) is 19.4 Å². The van der Waals surface area contributed by atoms with E-state index in [0.29, 0.717) is 6.54 Å². The van der Waals surface area contributed by atoms with Gasteiger partial charge in [0.05, 0.1) is 0 Å². The number of hydrogen-bond donors (Lipinski definition) is 1. The second-order valence-electron chi connectivity index (χ2n) is 4.94. The van der Waals surface area contributed by atoms with Gasteiger partial charge in [0.1, 0.15) is 5.82 Å². The van der Waals surface area contributed by atoms with Crippen LogP contribution in [0.2, 0.25) is 0 Å². The Balaban J connectivity index is 2.13. The molecule has 2 rings (SSSR count). The second-order valence-corrected chi connectivity index (χ2v) is 4.94. The topological polar surface area (TPSA) is 18.5 Å². The Bertz CT molecular complexity index is 400. The zero-order valence-corrected chi connectivity index (χ0v) is 12.0. The third-order valence-electron chi connectivity index (χ3n) is 3.81. The molecule has 1 aliphatic rings.